The highest BCUT2D eigenvalue weighted by atomic mass is 15.3. The molecule has 0 aliphatic carbocycles. The van der Waals surface area contributed by atoms with E-state index in [1.165, 1.54) is 0 Å². The first-order chi connectivity index (χ1) is 7.69. The smallest absolute Gasteiger partial charge is 0.239 e. The van der Waals surface area contributed by atoms with Gasteiger partial charge in [0.2, 0.25) is 5.95 Å². The topological polar surface area (TPSA) is 93.7 Å². The van der Waals surface area contributed by atoms with Gasteiger partial charge in [-0.05, 0) is 6.92 Å². The van der Waals surface area contributed by atoms with Crippen molar-refractivity contribution in [2.24, 2.45) is 12.9 Å². The van der Waals surface area contributed by atoms with Gasteiger partial charge >= 0.3 is 0 Å². The Bertz CT molecular complexity index is 490. The zero-order valence-electron chi connectivity index (χ0n) is 9.10. The molecule has 0 atom stereocenters. The number of nitrogens with zero attached hydrogens (tertiary/aromatic N) is 4. The summed E-state index contributed by atoms with van der Waals surface area (Å²) in [5.41, 5.74) is 4.20. The molecule has 4 N–H and O–H groups in total. The van der Waals surface area contributed by atoms with Crippen LogP contribution in [-0.4, -0.2) is 19.7 Å². The van der Waals surface area contributed by atoms with Crippen LogP contribution in [0.2, 0.25) is 0 Å². The van der Waals surface area contributed by atoms with Crippen molar-refractivity contribution < 1.29 is 0 Å². The average molecular weight is 219 g/mol. The maximum absolute atomic E-state index is 5.25. The highest BCUT2D eigenvalue weighted by Crippen LogP contribution is 2.17. The van der Waals surface area contributed by atoms with E-state index in [1.807, 2.05) is 20.2 Å². The molecule has 7 heteroatoms. The molecule has 2 aromatic rings. The quantitative estimate of drug-likeness (QED) is 0.515. The van der Waals surface area contributed by atoms with Gasteiger partial charge in [-0.3, -0.25) is 10.1 Å². The molecule has 0 aromatic carbocycles. The zero-order valence-corrected chi connectivity index (χ0v) is 9.10. The Morgan fingerprint density at radius 1 is 1.38 bits per heavy atom. The molecule has 84 valence electrons. The van der Waals surface area contributed by atoms with E-state index in [1.54, 1.807) is 17.1 Å². The van der Waals surface area contributed by atoms with Crippen molar-refractivity contribution in [2.75, 3.05) is 10.7 Å². The lowest BCUT2D eigenvalue weighted by Crippen LogP contribution is -2.11. The minimum Gasteiger partial charge on any atom is -0.337 e. The van der Waals surface area contributed by atoms with E-state index in [0.717, 1.165) is 11.3 Å². The van der Waals surface area contributed by atoms with Gasteiger partial charge in [-0.25, -0.2) is 10.8 Å². The molecule has 0 saturated heterocycles. The van der Waals surface area contributed by atoms with Crippen molar-refractivity contribution in [3.8, 4) is 0 Å². The summed E-state index contributed by atoms with van der Waals surface area (Å²) in [5.74, 6) is 6.32. The Hall–Kier alpha value is -2.15. The van der Waals surface area contributed by atoms with Crippen LogP contribution < -0.4 is 16.6 Å². The molecular weight excluding hydrogens is 206 g/mol. The molecule has 0 aliphatic heterocycles. The van der Waals surface area contributed by atoms with E-state index in [4.69, 9.17) is 5.84 Å². The summed E-state index contributed by atoms with van der Waals surface area (Å²) in [5, 5.41) is 7.19. The lowest BCUT2D eigenvalue weighted by atomic mass is 10.3. The second kappa shape index (κ2) is 4.15. The van der Waals surface area contributed by atoms with E-state index in [0.29, 0.717) is 11.8 Å². The highest BCUT2D eigenvalue weighted by Gasteiger charge is 2.04. The first-order valence-electron chi connectivity index (χ1n) is 4.75. The molecule has 7 nitrogen and oxygen atoms in total. The molecule has 2 heterocycles. The highest BCUT2D eigenvalue weighted by molar-refractivity contribution is 5.58. The molecular formula is C9H13N7. The Labute approximate surface area is 92.7 Å². The van der Waals surface area contributed by atoms with Crippen LogP contribution in [0.1, 0.15) is 5.56 Å². The van der Waals surface area contributed by atoms with Crippen LogP contribution in [0.15, 0.2) is 18.6 Å². The minimum absolute atomic E-state index is 0.372. The standard InChI is InChI=1S/C9H13N7/c1-6-3-11-9(15-10)14-8(6)13-7-4-12-16(2)5-7/h3-5H,10H2,1-2H3,(H2,11,13,14,15). The van der Waals surface area contributed by atoms with Crippen LogP contribution in [0.4, 0.5) is 17.5 Å². The summed E-state index contributed by atoms with van der Waals surface area (Å²) in [4.78, 5) is 8.20. The molecule has 0 saturated carbocycles. The number of nitrogens with two attached hydrogens (primary N) is 1. The van der Waals surface area contributed by atoms with Gasteiger partial charge < -0.3 is 5.32 Å². The third kappa shape index (κ3) is 2.09. The molecule has 2 aromatic heterocycles. The monoisotopic (exact) mass is 219 g/mol. The summed E-state index contributed by atoms with van der Waals surface area (Å²) >= 11 is 0. The van der Waals surface area contributed by atoms with Crippen LogP contribution in [-0.2, 0) is 7.05 Å². The summed E-state index contributed by atoms with van der Waals surface area (Å²) in [6.45, 7) is 1.92. The third-order valence-electron chi connectivity index (χ3n) is 2.07. The molecule has 0 amide bonds. The van der Waals surface area contributed by atoms with Gasteiger partial charge in [0.15, 0.2) is 0 Å². The molecule has 0 fully saturated rings. The number of nitrogens with one attached hydrogen (secondary N) is 2. The van der Waals surface area contributed by atoms with Crippen LogP contribution >= 0.6 is 0 Å². The maximum Gasteiger partial charge on any atom is 0.239 e. The lowest BCUT2D eigenvalue weighted by Gasteiger charge is -2.07. The largest absolute Gasteiger partial charge is 0.337 e. The molecule has 0 radical (unpaired) electrons. The molecule has 16 heavy (non-hydrogen) atoms. The van der Waals surface area contributed by atoms with Crippen LogP contribution in [0.25, 0.3) is 0 Å². The number of anilines is 3. The summed E-state index contributed by atoms with van der Waals surface area (Å²) in [6, 6.07) is 0. The molecule has 0 spiro atoms. The van der Waals surface area contributed by atoms with Crippen molar-refractivity contribution in [1.29, 1.82) is 0 Å². The molecule has 0 bridgehead atoms. The maximum atomic E-state index is 5.25. The molecule has 0 aliphatic rings. The third-order valence-corrected chi connectivity index (χ3v) is 2.07. The molecule has 2 rings (SSSR count). The number of rotatable bonds is 3. The SMILES string of the molecule is Cc1cnc(NN)nc1Nc1cnn(C)c1. The Morgan fingerprint density at radius 2 is 2.19 bits per heavy atom. The molecule has 0 unspecified atom stereocenters. The first-order valence-corrected chi connectivity index (χ1v) is 4.75. The van der Waals surface area contributed by atoms with Crippen molar-refractivity contribution in [3.05, 3.63) is 24.2 Å². The Balaban J connectivity index is 2.26. The van der Waals surface area contributed by atoms with Gasteiger partial charge in [-0.1, -0.05) is 0 Å². The first kappa shape index (κ1) is 10.4. The van der Waals surface area contributed by atoms with Crippen LogP contribution in [0.3, 0.4) is 0 Å². The fraction of sp³-hybridized carbons (Fsp3) is 0.222. The van der Waals surface area contributed by atoms with Crippen molar-refractivity contribution >= 4 is 17.5 Å². The Kier molecular flexibility index (Phi) is 2.69. The number of hydrogen-bond donors (Lipinski definition) is 3. The number of hydrazine groups is 1. The lowest BCUT2D eigenvalue weighted by molar-refractivity contribution is 0.768. The number of hydrogen-bond acceptors (Lipinski definition) is 6. The van der Waals surface area contributed by atoms with E-state index < -0.39 is 0 Å². The van der Waals surface area contributed by atoms with Gasteiger partial charge in [0, 0.05) is 25.0 Å². The predicted molar refractivity (Wildman–Crippen MR) is 61.1 cm³/mol. The summed E-state index contributed by atoms with van der Waals surface area (Å²) in [7, 11) is 1.85. The zero-order chi connectivity index (χ0) is 11.5. The summed E-state index contributed by atoms with van der Waals surface area (Å²) in [6.07, 6.45) is 5.27. The second-order valence-electron chi connectivity index (χ2n) is 3.40. The van der Waals surface area contributed by atoms with Crippen molar-refractivity contribution in [3.63, 3.8) is 0 Å². The fourth-order valence-corrected chi connectivity index (χ4v) is 1.26. The van der Waals surface area contributed by atoms with Crippen LogP contribution in [0, 0.1) is 6.92 Å². The summed E-state index contributed by atoms with van der Waals surface area (Å²) < 4.78 is 1.71. The fourth-order valence-electron chi connectivity index (χ4n) is 1.26. The van der Waals surface area contributed by atoms with E-state index in [-0.39, 0.29) is 0 Å². The van der Waals surface area contributed by atoms with E-state index >= 15 is 0 Å². The van der Waals surface area contributed by atoms with Crippen molar-refractivity contribution in [2.45, 2.75) is 6.92 Å². The minimum atomic E-state index is 0.372. The number of nitrogen functional groups attached to an aromatic ring is 1. The van der Waals surface area contributed by atoms with Crippen molar-refractivity contribution in [1.82, 2.24) is 19.7 Å². The Morgan fingerprint density at radius 3 is 2.81 bits per heavy atom. The predicted octanol–water partition coefficient (Wildman–Crippen LogP) is 0.548. The van der Waals surface area contributed by atoms with E-state index in [2.05, 4.69) is 25.8 Å². The average Bonchev–Trinajstić information content (AvgIpc) is 2.67. The van der Waals surface area contributed by atoms with Crippen LogP contribution in [0.5, 0.6) is 0 Å². The number of aromatic nitrogens is 4. The van der Waals surface area contributed by atoms with Gasteiger partial charge in [0.05, 0.1) is 11.9 Å². The second-order valence-corrected chi connectivity index (χ2v) is 3.40. The van der Waals surface area contributed by atoms with Gasteiger partial charge in [-0.2, -0.15) is 10.1 Å². The number of aryl methyl sites for hydroxylation is 2. The van der Waals surface area contributed by atoms with Gasteiger partial charge in [0.25, 0.3) is 0 Å². The van der Waals surface area contributed by atoms with Gasteiger partial charge in [-0.15, -0.1) is 0 Å². The van der Waals surface area contributed by atoms with E-state index in [9.17, 15) is 0 Å². The van der Waals surface area contributed by atoms with Gasteiger partial charge in [0.1, 0.15) is 5.82 Å². The normalized spacial score (nSPS) is 10.2.